The largest absolute Gasteiger partial charge is 0.357 e. The van der Waals surface area contributed by atoms with Crippen LogP contribution in [0.15, 0.2) is 9.52 Å². The SMILES string of the molecule is CCNC(=NCc1noc(C)n1)N1CCN(CC(=O)N2CC(C)CC(C)C2)CC1.I. The minimum Gasteiger partial charge on any atom is -0.357 e. The first-order valence-corrected chi connectivity index (χ1v) is 10.8. The third-order valence-electron chi connectivity index (χ3n) is 5.53. The van der Waals surface area contributed by atoms with E-state index in [1.807, 2.05) is 0 Å². The molecule has 2 atom stereocenters. The van der Waals surface area contributed by atoms with Crippen LogP contribution < -0.4 is 5.32 Å². The van der Waals surface area contributed by atoms with E-state index < -0.39 is 0 Å². The molecule has 2 unspecified atom stereocenters. The maximum absolute atomic E-state index is 12.7. The van der Waals surface area contributed by atoms with E-state index >= 15 is 0 Å². The highest BCUT2D eigenvalue weighted by atomic mass is 127. The summed E-state index contributed by atoms with van der Waals surface area (Å²) in [6, 6.07) is 0. The number of hydrogen-bond acceptors (Lipinski definition) is 6. The van der Waals surface area contributed by atoms with E-state index in [1.165, 1.54) is 6.42 Å². The molecule has 0 spiro atoms. The van der Waals surface area contributed by atoms with Crippen molar-refractivity contribution in [2.75, 3.05) is 52.4 Å². The van der Waals surface area contributed by atoms with Gasteiger partial charge in [-0.3, -0.25) is 9.69 Å². The molecular formula is C20H36IN7O2. The zero-order valence-corrected chi connectivity index (χ0v) is 21.0. The Balaban J connectivity index is 0.00000320. The fourth-order valence-electron chi connectivity index (χ4n) is 4.25. The number of amides is 1. The van der Waals surface area contributed by atoms with Crippen molar-refractivity contribution in [1.82, 2.24) is 30.2 Å². The second-order valence-electron chi connectivity index (χ2n) is 8.41. The molecule has 2 aliphatic heterocycles. The van der Waals surface area contributed by atoms with E-state index in [4.69, 9.17) is 4.52 Å². The Kier molecular flexibility index (Phi) is 9.79. The first kappa shape index (κ1) is 24.8. The predicted molar refractivity (Wildman–Crippen MR) is 127 cm³/mol. The molecule has 9 nitrogen and oxygen atoms in total. The topological polar surface area (TPSA) is 90.1 Å². The summed E-state index contributed by atoms with van der Waals surface area (Å²) in [5.41, 5.74) is 0. The highest BCUT2D eigenvalue weighted by Crippen LogP contribution is 2.21. The second-order valence-corrected chi connectivity index (χ2v) is 8.41. The number of hydrogen-bond donors (Lipinski definition) is 1. The van der Waals surface area contributed by atoms with Crippen LogP contribution in [0.4, 0.5) is 0 Å². The van der Waals surface area contributed by atoms with Crippen LogP contribution in [-0.4, -0.2) is 89.1 Å². The monoisotopic (exact) mass is 533 g/mol. The molecule has 3 rings (SSSR count). The fourth-order valence-corrected chi connectivity index (χ4v) is 4.25. The lowest BCUT2D eigenvalue weighted by atomic mass is 9.92. The first-order chi connectivity index (χ1) is 13.9. The summed E-state index contributed by atoms with van der Waals surface area (Å²) in [5, 5.41) is 7.25. The van der Waals surface area contributed by atoms with Gasteiger partial charge in [-0.25, -0.2) is 4.99 Å². The van der Waals surface area contributed by atoms with Gasteiger partial charge in [0.2, 0.25) is 11.8 Å². The molecule has 3 heterocycles. The molecule has 1 aromatic rings. The third-order valence-corrected chi connectivity index (χ3v) is 5.53. The van der Waals surface area contributed by atoms with E-state index in [2.05, 4.69) is 55.9 Å². The van der Waals surface area contributed by atoms with Gasteiger partial charge in [0.05, 0.1) is 6.54 Å². The maximum atomic E-state index is 12.7. The lowest BCUT2D eigenvalue weighted by Gasteiger charge is -2.39. The van der Waals surface area contributed by atoms with E-state index in [0.29, 0.717) is 36.6 Å². The number of aryl methyl sites for hydroxylation is 1. The van der Waals surface area contributed by atoms with E-state index in [0.717, 1.165) is 51.8 Å². The van der Waals surface area contributed by atoms with Gasteiger partial charge in [-0.15, -0.1) is 24.0 Å². The van der Waals surface area contributed by atoms with Crippen molar-refractivity contribution < 1.29 is 9.32 Å². The third kappa shape index (κ3) is 7.07. The molecule has 0 aromatic carbocycles. The van der Waals surface area contributed by atoms with Gasteiger partial charge in [0.15, 0.2) is 11.8 Å². The normalized spacial score (nSPS) is 23.3. The van der Waals surface area contributed by atoms with Crippen molar-refractivity contribution in [2.24, 2.45) is 16.8 Å². The number of piperazine rings is 1. The number of nitrogens with zero attached hydrogens (tertiary/aromatic N) is 6. The molecule has 30 heavy (non-hydrogen) atoms. The number of piperidine rings is 1. The molecule has 1 aromatic heterocycles. The van der Waals surface area contributed by atoms with Gasteiger partial charge in [0, 0.05) is 52.7 Å². The van der Waals surface area contributed by atoms with Crippen LogP contribution >= 0.6 is 24.0 Å². The molecular weight excluding hydrogens is 497 g/mol. The van der Waals surface area contributed by atoms with Gasteiger partial charge >= 0.3 is 0 Å². The van der Waals surface area contributed by atoms with E-state index in [9.17, 15) is 4.79 Å². The smallest absolute Gasteiger partial charge is 0.236 e. The Morgan fingerprint density at radius 1 is 1.17 bits per heavy atom. The highest BCUT2D eigenvalue weighted by Gasteiger charge is 2.28. The lowest BCUT2D eigenvalue weighted by molar-refractivity contribution is -0.135. The van der Waals surface area contributed by atoms with Crippen LogP contribution in [0.5, 0.6) is 0 Å². The van der Waals surface area contributed by atoms with Gasteiger partial charge in [0.1, 0.15) is 6.54 Å². The number of guanidine groups is 1. The molecule has 2 fully saturated rings. The molecule has 0 radical (unpaired) electrons. The molecule has 1 amide bonds. The number of aromatic nitrogens is 2. The van der Waals surface area contributed by atoms with Crippen molar-refractivity contribution in [3.8, 4) is 0 Å². The fraction of sp³-hybridized carbons (Fsp3) is 0.800. The van der Waals surface area contributed by atoms with Crippen LogP contribution in [0.25, 0.3) is 0 Å². The Bertz CT molecular complexity index is 693. The summed E-state index contributed by atoms with van der Waals surface area (Å²) in [7, 11) is 0. The number of nitrogens with one attached hydrogen (secondary N) is 1. The average molecular weight is 533 g/mol. The summed E-state index contributed by atoms with van der Waals surface area (Å²) in [5.74, 6) is 3.47. The van der Waals surface area contributed by atoms with Crippen molar-refractivity contribution in [3.05, 3.63) is 11.7 Å². The number of likely N-dealkylation sites (tertiary alicyclic amines) is 1. The molecule has 1 N–H and O–H groups in total. The van der Waals surface area contributed by atoms with Crippen LogP contribution in [0.2, 0.25) is 0 Å². The van der Waals surface area contributed by atoms with Gasteiger partial charge in [-0.1, -0.05) is 19.0 Å². The Labute approximate surface area is 196 Å². The second kappa shape index (κ2) is 11.8. The van der Waals surface area contributed by atoms with Crippen LogP contribution in [0, 0.1) is 18.8 Å². The van der Waals surface area contributed by atoms with Gasteiger partial charge in [-0.2, -0.15) is 4.98 Å². The van der Waals surface area contributed by atoms with Crippen LogP contribution in [-0.2, 0) is 11.3 Å². The van der Waals surface area contributed by atoms with Crippen LogP contribution in [0.1, 0.15) is 38.9 Å². The average Bonchev–Trinajstić information content (AvgIpc) is 3.10. The zero-order valence-electron chi connectivity index (χ0n) is 18.6. The van der Waals surface area contributed by atoms with Gasteiger partial charge in [-0.05, 0) is 25.2 Å². The summed E-state index contributed by atoms with van der Waals surface area (Å²) in [6.45, 7) is 15.2. The maximum Gasteiger partial charge on any atom is 0.236 e. The molecule has 170 valence electrons. The Morgan fingerprint density at radius 3 is 2.40 bits per heavy atom. The number of halogens is 1. The molecule has 2 aliphatic rings. The summed E-state index contributed by atoms with van der Waals surface area (Å²) in [6.07, 6.45) is 1.22. The first-order valence-electron chi connectivity index (χ1n) is 10.8. The van der Waals surface area contributed by atoms with Crippen LogP contribution in [0.3, 0.4) is 0 Å². The van der Waals surface area contributed by atoms with E-state index in [-0.39, 0.29) is 29.9 Å². The molecule has 0 bridgehead atoms. The minimum absolute atomic E-state index is 0. The Hall–Kier alpha value is -1.43. The summed E-state index contributed by atoms with van der Waals surface area (Å²) in [4.78, 5) is 28.2. The quantitative estimate of drug-likeness (QED) is 0.349. The Morgan fingerprint density at radius 2 is 1.83 bits per heavy atom. The molecule has 10 heteroatoms. The van der Waals surface area contributed by atoms with Crippen molar-refractivity contribution >= 4 is 35.8 Å². The van der Waals surface area contributed by atoms with Gasteiger partial charge in [0.25, 0.3) is 0 Å². The standard InChI is InChI=1S/C20H35N7O2.HI/c1-5-21-20(22-11-18-23-17(4)29-24-18)26-8-6-25(7-9-26)14-19(28)27-12-15(2)10-16(3)13-27;/h15-16H,5-14H2,1-4H3,(H,21,22);1H. The van der Waals surface area contributed by atoms with E-state index in [1.54, 1.807) is 6.92 Å². The lowest BCUT2D eigenvalue weighted by Crippen LogP contribution is -2.55. The highest BCUT2D eigenvalue weighted by molar-refractivity contribution is 14.0. The number of carbonyl (C=O) groups excluding carboxylic acids is 1. The summed E-state index contributed by atoms with van der Waals surface area (Å²) >= 11 is 0. The molecule has 0 aliphatic carbocycles. The number of carbonyl (C=O) groups is 1. The van der Waals surface area contributed by atoms with Gasteiger partial charge < -0.3 is 19.6 Å². The zero-order chi connectivity index (χ0) is 20.8. The summed E-state index contributed by atoms with van der Waals surface area (Å²) < 4.78 is 5.01. The molecule has 0 saturated carbocycles. The van der Waals surface area contributed by atoms with Crippen molar-refractivity contribution in [2.45, 2.75) is 40.7 Å². The van der Waals surface area contributed by atoms with Crippen molar-refractivity contribution in [1.29, 1.82) is 0 Å². The number of aliphatic imine (C=N–C) groups is 1. The molecule has 2 saturated heterocycles. The van der Waals surface area contributed by atoms with Crippen molar-refractivity contribution in [3.63, 3.8) is 0 Å². The number of rotatable bonds is 5. The predicted octanol–water partition coefficient (Wildman–Crippen LogP) is 1.58. The minimum atomic E-state index is 0.